The van der Waals surface area contributed by atoms with Crippen LogP contribution in [-0.4, -0.2) is 54.6 Å². The van der Waals surface area contributed by atoms with Crippen molar-refractivity contribution in [2.75, 3.05) is 33.7 Å². The van der Waals surface area contributed by atoms with Crippen LogP contribution in [0.15, 0.2) is 6.20 Å². The summed E-state index contributed by atoms with van der Waals surface area (Å²) in [6.07, 6.45) is -2.10. The van der Waals surface area contributed by atoms with Crippen LogP contribution < -0.4 is 5.73 Å². The van der Waals surface area contributed by atoms with Gasteiger partial charge in [-0.1, -0.05) is 0 Å². The minimum Gasteiger partial charge on any atom is -0.322 e. The monoisotopic (exact) mass is 308 g/mol. The molecule has 1 fully saturated rings. The first-order valence-electron chi connectivity index (χ1n) is 6.46. The van der Waals surface area contributed by atoms with Gasteiger partial charge < -0.3 is 15.5 Å². The van der Waals surface area contributed by atoms with Crippen LogP contribution in [0.1, 0.15) is 22.3 Å². The van der Waals surface area contributed by atoms with Gasteiger partial charge in [-0.05, 0) is 33.6 Å². The first-order valence-corrected chi connectivity index (χ1v) is 7.28. The molecule has 0 spiro atoms. The number of likely N-dealkylation sites (N-methyl/N-ethyl adjacent to an activating group) is 2. The third kappa shape index (κ3) is 3.49. The normalized spacial score (nSPS) is 24.6. The van der Waals surface area contributed by atoms with Crippen LogP contribution in [0, 0.1) is 0 Å². The van der Waals surface area contributed by atoms with Crippen LogP contribution in [0.5, 0.6) is 0 Å². The molecule has 4 nitrogen and oxygen atoms in total. The largest absolute Gasteiger partial charge is 0.443 e. The fourth-order valence-electron chi connectivity index (χ4n) is 2.45. The summed E-state index contributed by atoms with van der Waals surface area (Å²) in [5, 5.41) is -0.826. The van der Waals surface area contributed by atoms with E-state index in [1.165, 1.54) is 6.20 Å². The summed E-state index contributed by atoms with van der Waals surface area (Å²) in [7, 11) is 3.97. The maximum Gasteiger partial charge on any atom is 0.443 e. The van der Waals surface area contributed by atoms with E-state index < -0.39 is 17.2 Å². The predicted octanol–water partition coefficient (Wildman–Crippen LogP) is 1.80. The second-order valence-electron chi connectivity index (χ2n) is 5.26. The van der Waals surface area contributed by atoms with Gasteiger partial charge in [-0.2, -0.15) is 13.2 Å². The van der Waals surface area contributed by atoms with Crippen molar-refractivity contribution < 1.29 is 13.2 Å². The summed E-state index contributed by atoms with van der Waals surface area (Å²) in [4.78, 5) is 8.24. The number of alkyl halides is 3. The third-order valence-corrected chi connectivity index (χ3v) is 4.77. The van der Waals surface area contributed by atoms with Crippen LogP contribution >= 0.6 is 11.3 Å². The summed E-state index contributed by atoms with van der Waals surface area (Å²) in [5.41, 5.74) is 6.18. The standard InChI is InChI=1S/C12H19F3N4S/c1-18-4-3-5-19(2)8(7-18)10(16)9-6-17-11(20-9)12(13,14)15/h6,8,10H,3-5,7,16H2,1-2H3. The number of hydrogen-bond acceptors (Lipinski definition) is 5. The smallest absolute Gasteiger partial charge is 0.322 e. The molecule has 2 heterocycles. The van der Waals surface area contributed by atoms with Gasteiger partial charge in [-0.3, -0.25) is 0 Å². The molecule has 0 aliphatic carbocycles. The molecule has 0 saturated carbocycles. The molecule has 1 aliphatic heterocycles. The van der Waals surface area contributed by atoms with Crippen LogP contribution in [0.4, 0.5) is 13.2 Å². The highest BCUT2D eigenvalue weighted by atomic mass is 32.1. The highest BCUT2D eigenvalue weighted by molar-refractivity contribution is 7.11. The van der Waals surface area contributed by atoms with E-state index in [-0.39, 0.29) is 6.04 Å². The first-order chi connectivity index (χ1) is 9.29. The molecule has 1 aromatic rings. The molecule has 2 rings (SSSR count). The van der Waals surface area contributed by atoms with Crippen molar-refractivity contribution in [1.29, 1.82) is 0 Å². The van der Waals surface area contributed by atoms with Gasteiger partial charge in [0.2, 0.25) is 0 Å². The Balaban J connectivity index is 2.16. The van der Waals surface area contributed by atoms with Gasteiger partial charge in [0.15, 0.2) is 5.01 Å². The molecule has 0 amide bonds. The lowest BCUT2D eigenvalue weighted by molar-refractivity contribution is -0.137. The molecule has 1 aliphatic rings. The Labute approximate surface area is 120 Å². The van der Waals surface area contributed by atoms with E-state index in [2.05, 4.69) is 14.8 Å². The van der Waals surface area contributed by atoms with Crippen molar-refractivity contribution in [3.8, 4) is 0 Å². The maximum absolute atomic E-state index is 12.6. The van der Waals surface area contributed by atoms with E-state index in [0.717, 1.165) is 26.1 Å². The molecule has 114 valence electrons. The Hall–Kier alpha value is -0.700. The summed E-state index contributed by atoms with van der Waals surface area (Å²) in [6, 6.07) is -0.446. The molecular formula is C12H19F3N4S. The van der Waals surface area contributed by atoms with Gasteiger partial charge in [0.25, 0.3) is 0 Å². The molecule has 20 heavy (non-hydrogen) atoms. The predicted molar refractivity (Wildman–Crippen MR) is 72.6 cm³/mol. The van der Waals surface area contributed by atoms with E-state index in [0.29, 0.717) is 16.2 Å². The molecule has 2 unspecified atom stereocenters. The zero-order valence-corrected chi connectivity index (χ0v) is 12.3. The lowest BCUT2D eigenvalue weighted by Gasteiger charge is -2.31. The highest BCUT2D eigenvalue weighted by Crippen LogP contribution is 2.35. The van der Waals surface area contributed by atoms with Crippen LogP contribution in [0.3, 0.4) is 0 Å². The van der Waals surface area contributed by atoms with Gasteiger partial charge in [-0.25, -0.2) is 4.98 Å². The zero-order valence-electron chi connectivity index (χ0n) is 11.5. The van der Waals surface area contributed by atoms with Crippen LogP contribution in [-0.2, 0) is 6.18 Å². The Morgan fingerprint density at radius 3 is 2.70 bits per heavy atom. The van der Waals surface area contributed by atoms with Crippen LogP contribution in [0.2, 0.25) is 0 Å². The lowest BCUT2D eigenvalue weighted by Crippen LogP contribution is -2.44. The summed E-state index contributed by atoms with van der Waals surface area (Å²) >= 11 is 0.645. The van der Waals surface area contributed by atoms with Crippen molar-refractivity contribution in [2.45, 2.75) is 24.7 Å². The van der Waals surface area contributed by atoms with E-state index in [1.54, 1.807) is 0 Å². The van der Waals surface area contributed by atoms with Crippen molar-refractivity contribution >= 4 is 11.3 Å². The van der Waals surface area contributed by atoms with Gasteiger partial charge in [0.1, 0.15) is 0 Å². The summed E-state index contributed by atoms with van der Waals surface area (Å²) in [5.74, 6) is 0. The minimum atomic E-state index is -4.39. The van der Waals surface area contributed by atoms with Gasteiger partial charge in [0.05, 0.1) is 6.04 Å². The van der Waals surface area contributed by atoms with Crippen molar-refractivity contribution in [1.82, 2.24) is 14.8 Å². The van der Waals surface area contributed by atoms with E-state index in [1.807, 2.05) is 14.1 Å². The zero-order chi connectivity index (χ0) is 14.9. The molecule has 1 saturated heterocycles. The number of nitrogens with two attached hydrogens (primary N) is 1. The molecule has 8 heteroatoms. The second kappa shape index (κ2) is 5.97. The maximum atomic E-state index is 12.6. The number of halogens is 3. The lowest BCUT2D eigenvalue weighted by atomic mass is 10.1. The molecular weight excluding hydrogens is 289 g/mol. The van der Waals surface area contributed by atoms with Crippen molar-refractivity contribution in [3.05, 3.63) is 16.1 Å². The number of hydrogen-bond donors (Lipinski definition) is 1. The number of aromatic nitrogens is 1. The van der Waals surface area contributed by atoms with E-state index in [4.69, 9.17) is 5.73 Å². The fourth-order valence-corrected chi connectivity index (χ4v) is 3.30. The Morgan fingerprint density at radius 2 is 2.10 bits per heavy atom. The van der Waals surface area contributed by atoms with E-state index in [9.17, 15) is 13.2 Å². The van der Waals surface area contributed by atoms with Gasteiger partial charge in [-0.15, -0.1) is 11.3 Å². The van der Waals surface area contributed by atoms with Crippen molar-refractivity contribution in [2.24, 2.45) is 5.73 Å². The fraction of sp³-hybridized carbons (Fsp3) is 0.750. The highest BCUT2D eigenvalue weighted by Gasteiger charge is 2.36. The SMILES string of the molecule is CN1CCCN(C)C(C(N)c2cnc(C(F)(F)F)s2)C1. The van der Waals surface area contributed by atoms with Crippen LogP contribution in [0.25, 0.3) is 0 Å². The topological polar surface area (TPSA) is 45.4 Å². The van der Waals surface area contributed by atoms with Gasteiger partial charge in [0, 0.05) is 23.7 Å². The summed E-state index contributed by atoms with van der Waals surface area (Å²) in [6.45, 7) is 2.62. The summed E-state index contributed by atoms with van der Waals surface area (Å²) < 4.78 is 37.8. The van der Waals surface area contributed by atoms with E-state index >= 15 is 0 Å². The number of nitrogens with zero attached hydrogens (tertiary/aromatic N) is 3. The molecule has 0 aromatic carbocycles. The second-order valence-corrected chi connectivity index (χ2v) is 6.32. The first kappa shape index (κ1) is 15.7. The number of rotatable bonds is 2. The molecule has 0 radical (unpaired) electrons. The van der Waals surface area contributed by atoms with Crippen molar-refractivity contribution in [3.63, 3.8) is 0 Å². The average molecular weight is 308 g/mol. The number of thiazole rings is 1. The molecule has 2 N–H and O–H groups in total. The third-order valence-electron chi connectivity index (χ3n) is 3.62. The quantitative estimate of drug-likeness (QED) is 0.905. The molecule has 0 bridgehead atoms. The Bertz CT molecular complexity index is 448. The molecule has 1 aromatic heterocycles. The molecule has 2 atom stereocenters. The minimum absolute atomic E-state index is 0.00373. The Kier molecular flexibility index (Phi) is 4.68. The van der Waals surface area contributed by atoms with Gasteiger partial charge >= 0.3 is 6.18 Å². The Morgan fingerprint density at radius 1 is 1.40 bits per heavy atom. The average Bonchev–Trinajstić information content (AvgIpc) is 2.78.